The number of fused-ring (bicyclic) bond motifs is 1. The van der Waals surface area contributed by atoms with Crippen molar-refractivity contribution in [3.63, 3.8) is 0 Å². The van der Waals surface area contributed by atoms with E-state index in [0.717, 1.165) is 0 Å². The molecule has 7 nitrogen and oxygen atoms in total. The molecule has 8 heteroatoms. The lowest BCUT2D eigenvalue weighted by atomic mass is 10.1. The lowest BCUT2D eigenvalue weighted by molar-refractivity contribution is -0.116. The first-order valence-corrected chi connectivity index (χ1v) is 8.49. The summed E-state index contributed by atoms with van der Waals surface area (Å²) in [6.45, 7) is 0. The third kappa shape index (κ3) is 3.16. The third-order valence-corrected chi connectivity index (χ3v) is 4.38. The number of methoxy groups -OCH3 is 1. The number of nitrogens with one attached hydrogen (secondary N) is 3. The zero-order valence-electron chi connectivity index (χ0n) is 14.9. The minimum absolute atomic E-state index is 0.104. The number of halogens is 1. The summed E-state index contributed by atoms with van der Waals surface area (Å²) in [4.78, 5) is 14.5. The normalized spacial score (nSPS) is 15.6. The van der Waals surface area contributed by atoms with E-state index >= 15 is 0 Å². The van der Waals surface area contributed by atoms with E-state index in [1.54, 1.807) is 43.5 Å². The van der Waals surface area contributed by atoms with Gasteiger partial charge in [0.1, 0.15) is 17.4 Å². The Labute approximate surface area is 160 Å². The molecule has 1 unspecified atom stereocenters. The van der Waals surface area contributed by atoms with Gasteiger partial charge < -0.3 is 19.8 Å². The summed E-state index contributed by atoms with van der Waals surface area (Å²) in [5.74, 6) is 0.168. The van der Waals surface area contributed by atoms with Crippen molar-refractivity contribution in [1.82, 2.24) is 0 Å². The van der Waals surface area contributed by atoms with E-state index < -0.39 is 17.9 Å². The molecule has 3 aromatic rings. The van der Waals surface area contributed by atoms with E-state index in [1.165, 1.54) is 29.4 Å². The minimum atomic E-state index is -0.970. The van der Waals surface area contributed by atoms with Crippen LogP contribution < -0.4 is 20.3 Å². The molecule has 4 rings (SSSR count). The Hall–Kier alpha value is -3.81. The molecule has 1 amide bonds. The SMILES string of the molecule is COc1ccc(N2C(=N)c3ccoc3NC2C(=O)Nc2cccc(F)c2)cc1. The second-order valence-electron chi connectivity index (χ2n) is 6.13. The van der Waals surface area contributed by atoms with Crippen LogP contribution in [-0.2, 0) is 4.79 Å². The number of nitrogens with zero attached hydrogens (tertiary/aromatic N) is 1. The molecule has 1 aliphatic rings. The highest BCUT2D eigenvalue weighted by Gasteiger charge is 2.37. The number of carbonyl (C=O) groups is 1. The molecule has 1 atom stereocenters. The maximum atomic E-state index is 13.5. The van der Waals surface area contributed by atoms with Gasteiger partial charge in [-0.25, -0.2) is 4.39 Å². The average molecular weight is 380 g/mol. The lowest BCUT2D eigenvalue weighted by Crippen LogP contribution is -2.55. The first kappa shape index (κ1) is 17.6. The Morgan fingerprint density at radius 3 is 2.75 bits per heavy atom. The predicted octanol–water partition coefficient (Wildman–Crippen LogP) is 3.65. The fraction of sp³-hybridized carbons (Fsp3) is 0.100. The number of carbonyl (C=O) groups excluding carboxylic acids is 1. The summed E-state index contributed by atoms with van der Waals surface area (Å²) >= 11 is 0. The number of benzene rings is 2. The molecule has 0 fully saturated rings. The average Bonchev–Trinajstić information content (AvgIpc) is 3.17. The van der Waals surface area contributed by atoms with Crippen molar-refractivity contribution in [2.75, 3.05) is 22.6 Å². The zero-order chi connectivity index (χ0) is 19.7. The van der Waals surface area contributed by atoms with Crippen LogP contribution in [-0.4, -0.2) is 25.0 Å². The van der Waals surface area contributed by atoms with Crippen LogP contribution in [0.1, 0.15) is 5.56 Å². The number of ether oxygens (including phenoxy) is 1. The molecule has 0 saturated heterocycles. The van der Waals surface area contributed by atoms with Gasteiger partial charge in [-0.1, -0.05) is 6.07 Å². The fourth-order valence-corrected chi connectivity index (χ4v) is 3.04. The molecule has 1 aliphatic heterocycles. The van der Waals surface area contributed by atoms with Crippen molar-refractivity contribution in [2.45, 2.75) is 6.17 Å². The summed E-state index contributed by atoms with van der Waals surface area (Å²) in [6.07, 6.45) is 0.480. The van der Waals surface area contributed by atoms with E-state index in [-0.39, 0.29) is 5.84 Å². The van der Waals surface area contributed by atoms with E-state index in [4.69, 9.17) is 14.6 Å². The topological polar surface area (TPSA) is 90.6 Å². The monoisotopic (exact) mass is 380 g/mol. The molecule has 0 saturated carbocycles. The first-order chi connectivity index (χ1) is 13.6. The molecule has 28 heavy (non-hydrogen) atoms. The van der Waals surface area contributed by atoms with E-state index in [9.17, 15) is 9.18 Å². The lowest BCUT2D eigenvalue weighted by Gasteiger charge is -2.36. The van der Waals surface area contributed by atoms with Gasteiger partial charge >= 0.3 is 0 Å². The fourth-order valence-electron chi connectivity index (χ4n) is 3.04. The number of hydrogen-bond donors (Lipinski definition) is 3. The highest BCUT2D eigenvalue weighted by Crippen LogP contribution is 2.31. The van der Waals surface area contributed by atoms with Crippen molar-refractivity contribution in [3.05, 3.63) is 72.2 Å². The molecular weight excluding hydrogens is 363 g/mol. The minimum Gasteiger partial charge on any atom is -0.497 e. The Morgan fingerprint density at radius 1 is 1.25 bits per heavy atom. The third-order valence-electron chi connectivity index (χ3n) is 4.38. The van der Waals surface area contributed by atoms with Crippen LogP contribution in [0.25, 0.3) is 0 Å². The summed E-state index contributed by atoms with van der Waals surface area (Å²) in [5, 5.41) is 14.2. The smallest absolute Gasteiger partial charge is 0.268 e. The Bertz CT molecular complexity index is 1030. The largest absolute Gasteiger partial charge is 0.497 e. The highest BCUT2D eigenvalue weighted by atomic mass is 19.1. The molecule has 0 aliphatic carbocycles. The molecule has 1 aromatic heterocycles. The van der Waals surface area contributed by atoms with Crippen molar-refractivity contribution >= 4 is 29.0 Å². The van der Waals surface area contributed by atoms with Gasteiger partial charge in [0.05, 0.1) is 18.9 Å². The number of furan rings is 1. The molecule has 2 aromatic carbocycles. The molecule has 0 radical (unpaired) electrons. The first-order valence-electron chi connectivity index (χ1n) is 8.49. The highest BCUT2D eigenvalue weighted by molar-refractivity contribution is 6.17. The Morgan fingerprint density at radius 2 is 2.04 bits per heavy atom. The predicted molar refractivity (Wildman–Crippen MR) is 103 cm³/mol. The molecule has 0 spiro atoms. The van der Waals surface area contributed by atoms with E-state index in [2.05, 4.69) is 10.6 Å². The van der Waals surface area contributed by atoms with Gasteiger partial charge in [-0.3, -0.25) is 15.1 Å². The van der Waals surface area contributed by atoms with Crippen LogP contribution in [0.3, 0.4) is 0 Å². The van der Waals surface area contributed by atoms with Crippen LogP contribution in [0.5, 0.6) is 5.75 Å². The molecule has 3 N–H and O–H groups in total. The van der Waals surface area contributed by atoms with Gasteiger partial charge in [0.15, 0.2) is 6.17 Å². The van der Waals surface area contributed by atoms with Gasteiger partial charge in [0, 0.05) is 11.4 Å². The maximum Gasteiger partial charge on any atom is 0.268 e. The van der Waals surface area contributed by atoms with Gasteiger partial charge in [-0.15, -0.1) is 0 Å². The van der Waals surface area contributed by atoms with Crippen molar-refractivity contribution in [1.29, 1.82) is 5.41 Å². The van der Waals surface area contributed by atoms with Crippen molar-refractivity contribution in [2.24, 2.45) is 0 Å². The van der Waals surface area contributed by atoms with Gasteiger partial charge in [0.25, 0.3) is 5.91 Å². The molecule has 2 heterocycles. The van der Waals surface area contributed by atoms with Crippen LogP contribution in [0.4, 0.5) is 21.6 Å². The number of rotatable bonds is 4. The Balaban J connectivity index is 1.69. The van der Waals surface area contributed by atoms with Gasteiger partial charge in [-0.2, -0.15) is 0 Å². The van der Waals surface area contributed by atoms with E-state index in [0.29, 0.717) is 28.6 Å². The van der Waals surface area contributed by atoms with Crippen molar-refractivity contribution < 1.29 is 18.3 Å². The molecule has 0 bridgehead atoms. The van der Waals surface area contributed by atoms with Crippen molar-refractivity contribution in [3.8, 4) is 5.75 Å². The second kappa shape index (κ2) is 7.07. The molecular formula is C20H17FN4O3. The number of anilines is 3. The van der Waals surface area contributed by atoms with Crippen LogP contribution >= 0.6 is 0 Å². The quantitative estimate of drug-likeness (QED) is 0.643. The van der Waals surface area contributed by atoms with Crippen LogP contribution in [0.2, 0.25) is 0 Å². The maximum absolute atomic E-state index is 13.5. The zero-order valence-corrected chi connectivity index (χ0v) is 14.9. The second-order valence-corrected chi connectivity index (χ2v) is 6.13. The van der Waals surface area contributed by atoms with E-state index in [1.807, 2.05) is 0 Å². The summed E-state index contributed by atoms with van der Waals surface area (Å²) < 4.78 is 24.0. The van der Waals surface area contributed by atoms with Crippen LogP contribution in [0, 0.1) is 11.2 Å². The number of amides is 1. The Kier molecular flexibility index (Phi) is 4.44. The van der Waals surface area contributed by atoms with Gasteiger partial charge in [0.2, 0.25) is 5.88 Å². The summed E-state index contributed by atoms with van der Waals surface area (Å²) in [7, 11) is 1.56. The summed E-state index contributed by atoms with van der Waals surface area (Å²) in [5.41, 5.74) is 1.47. The summed E-state index contributed by atoms with van der Waals surface area (Å²) in [6, 6.07) is 14.3. The number of hydrogen-bond acceptors (Lipinski definition) is 5. The van der Waals surface area contributed by atoms with Crippen LogP contribution in [0.15, 0.2) is 65.3 Å². The number of amidine groups is 1. The standard InChI is InChI=1S/C20H17FN4O3/c1-27-15-7-5-14(6-8-15)25-17(22)16-9-10-28-20(16)24-18(25)19(26)23-13-4-2-3-12(21)11-13/h2-11,18,22,24H,1H3,(H,23,26). The molecule has 142 valence electrons. The van der Waals surface area contributed by atoms with Gasteiger partial charge in [-0.05, 0) is 48.5 Å².